The van der Waals surface area contributed by atoms with Gasteiger partial charge in [-0.25, -0.2) is 0 Å². The Labute approximate surface area is 102 Å². The molecule has 0 spiro atoms. The third kappa shape index (κ3) is 3.98. The van der Waals surface area contributed by atoms with Gasteiger partial charge in [0.2, 0.25) is 11.8 Å². The van der Waals surface area contributed by atoms with Gasteiger partial charge in [-0.2, -0.15) is 0 Å². The lowest BCUT2D eigenvalue weighted by Crippen LogP contribution is -2.41. The van der Waals surface area contributed by atoms with Gasteiger partial charge in [0, 0.05) is 18.3 Å². The number of carbonyl (C=O) groups excluding carboxylic acids is 2. The summed E-state index contributed by atoms with van der Waals surface area (Å²) in [6, 6.07) is 0. The highest BCUT2D eigenvalue weighted by Crippen LogP contribution is 2.18. The number of allylic oxidation sites excluding steroid dienone is 2. The van der Waals surface area contributed by atoms with Gasteiger partial charge in [0.1, 0.15) is 0 Å². The highest BCUT2D eigenvalue weighted by Gasteiger charge is 2.27. The van der Waals surface area contributed by atoms with Crippen molar-refractivity contribution in [3.63, 3.8) is 0 Å². The Kier molecular flexibility index (Phi) is 4.82. The van der Waals surface area contributed by atoms with Crippen LogP contribution in [0, 0.1) is 5.92 Å². The maximum absolute atomic E-state index is 11.5. The van der Waals surface area contributed by atoms with Gasteiger partial charge < -0.3 is 0 Å². The van der Waals surface area contributed by atoms with Crippen LogP contribution in [0.2, 0.25) is 0 Å². The molecule has 0 saturated carbocycles. The lowest BCUT2D eigenvalue weighted by atomic mass is 9.92. The number of carbonyl (C=O) groups is 2. The van der Waals surface area contributed by atoms with Crippen molar-refractivity contribution in [1.82, 2.24) is 5.32 Å². The molecular weight excluding hydrogens is 216 g/mol. The summed E-state index contributed by atoms with van der Waals surface area (Å²) in [6.07, 6.45) is 5.42. The van der Waals surface area contributed by atoms with E-state index in [4.69, 9.17) is 0 Å². The second-order valence-electron chi connectivity index (χ2n) is 4.09. The van der Waals surface area contributed by atoms with Crippen LogP contribution in [-0.4, -0.2) is 18.0 Å². The number of nitrogens with one attached hydrogen (secondary N) is 1. The first-order chi connectivity index (χ1) is 8.04. The molecule has 0 aromatic rings. The summed E-state index contributed by atoms with van der Waals surface area (Å²) in [6.45, 7) is 7.77. The summed E-state index contributed by atoms with van der Waals surface area (Å²) < 4.78 is 0. The number of hydrogen-bond acceptors (Lipinski definition) is 3. The molecule has 92 valence electrons. The summed E-state index contributed by atoms with van der Waals surface area (Å²) >= 11 is 0. The van der Waals surface area contributed by atoms with Crippen LogP contribution >= 0.6 is 0 Å². The Bertz CT molecular complexity index is 394. The largest absolute Gasteiger partial charge is 0.296 e. The zero-order valence-electron chi connectivity index (χ0n) is 10.3. The normalized spacial score (nSPS) is 21.8. The molecule has 1 rings (SSSR count). The van der Waals surface area contributed by atoms with Crippen LogP contribution in [0.4, 0.5) is 0 Å². The van der Waals surface area contributed by atoms with Crippen LogP contribution in [0.25, 0.3) is 0 Å². The maximum Gasteiger partial charge on any atom is 0.234 e. The van der Waals surface area contributed by atoms with Gasteiger partial charge >= 0.3 is 0 Å². The Morgan fingerprint density at radius 2 is 2.29 bits per heavy atom. The summed E-state index contributed by atoms with van der Waals surface area (Å²) in [4.78, 5) is 26.8. The third-order valence-corrected chi connectivity index (χ3v) is 2.62. The second-order valence-corrected chi connectivity index (χ2v) is 4.09. The molecule has 0 aliphatic carbocycles. The number of amides is 2. The maximum atomic E-state index is 11.5. The number of piperidine rings is 1. The SMILES string of the molecule is C=C(C=N/C(C)=C\CC)C1CCC(=O)NC1=O. The van der Waals surface area contributed by atoms with Crippen LogP contribution < -0.4 is 5.32 Å². The van der Waals surface area contributed by atoms with E-state index in [9.17, 15) is 9.59 Å². The molecule has 0 aromatic heterocycles. The van der Waals surface area contributed by atoms with E-state index in [0.29, 0.717) is 18.4 Å². The standard InChI is InChI=1S/C13H18N2O2/c1-4-5-10(3)14-8-9(2)11-6-7-12(16)15-13(11)17/h5,8,11H,2,4,6-7H2,1,3H3,(H,15,16,17)/b10-5-,14-8?. The predicted molar refractivity (Wildman–Crippen MR) is 67.6 cm³/mol. The molecule has 1 unspecified atom stereocenters. The first-order valence-corrected chi connectivity index (χ1v) is 5.78. The highest BCUT2D eigenvalue weighted by molar-refractivity contribution is 6.02. The van der Waals surface area contributed by atoms with Gasteiger partial charge in [-0.15, -0.1) is 0 Å². The van der Waals surface area contributed by atoms with Crippen molar-refractivity contribution < 1.29 is 9.59 Å². The number of rotatable bonds is 4. The van der Waals surface area contributed by atoms with E-state index in [1.807, 2.05) is 19.9 Å². The molecule has 1 heterocycles. The molecule has 1 aliphatic heterocycles. The minimum atomic E-state index is -0.328. The van der Waals surface area contributed by atoms with Crippen LogP contribution in [-0.2, 0) is 9.59 Å². The Hall–Kier alpha value is -1.71. The summed E-state index contributed by atoms with van der Waals surface area (Å²) in [5.74, 6) is -0.807. The van der Waals surface area contributed by atoms with Crippen molar-refractivity contribution in [3.8, 4) is 0 Å². The fourth-order valence-corrected chi connectivity index (χ4v) is 1.67. The molecule has 0 bridgehead atoms. The lowest BCUT2D eigenvalue weighted by Gasteiger charge is -2.20. The second kappa shape index (κ2) is 6.13. The minimum Gasteiger partial charge on any atom is -0.296 e. The molecule has 4 heteroatoms. The van der Waals surface area contributed by atoms with Gasteiger partial charge in [-0.1, -0.05) is 19.6 Å². The molecule has 0 radical (unpaired) electrons. The van der Waals surface area contributed by atoms with Gasteiger partial charge in [0.25, 0.3) is 0 Å². The topological polar surface area (TPSA) is 58.5 Å². The van der Waals surface area contributed by atoms with E-state index in [1.54, 1.807) is 6.21 Å². The molecule has 1 aliphatic rings. The highest BCUT2D eigenvalue weighted by atomic mass is 16.2. The Balaban J connectivity index is 2.62. The van der Waals surface area contributed by atoms with Crippen molar-refractivity contribution in [1.29, 1.82) is 0 Å². The molecule has 17 heavy (non-hydrogen) atoms. The molecule has 0 aromatic carbocycles. The van der Waals surface area contributed by atoms with Crippen molar-refractivity contribution in [2.75, 3.05) is 0 Å². The zero-order chi connectivity index (χ0) is 12.8. The zero-order valence-corrected chi connectivity index (χ0v) is 10.3. The van der Waals surface area contributed by atoms with Crippen LogP contribution in [0.5, 0.6) is 0 Å². The molecular formula is C13H18N2O2. The van der Waals surface area contributed by atoms with E-state index in [0.717, 1.165) is 12.1 Å². The summed E-state index contributed by atoms with van der Waals surface area (Å²) in [5, 5.41) is 2.31. The van der Waals surface area contributed by atoms with Crippen molar-refractivity contribution >= 4 is 18.0 Å². The monoisotopic (exact) mass is 234 g/mol. The Morgan fingerprint density at radius 3 is 2.88 bits per heavy atom. The molecule has 2 amide bonds. The van der Waals surface area contributed by atoms with Crippen molar-refractivity contribution in [2.45, 2.75) is 33.1 Å². The van der Waals surface area contributed by atoms with E-state index < -0.39 is 0 Å². The lowest BCUT2D eigenvalue weighted by molar-refractivity contribution is -0.135. The fourth-order valence-electron chi connectivity index (χ4n) is 1.67. The first kappa shape index (κ1) is 13.4. The van der Waals surface area contributed by atoms with Crippen molar-refractivity contribution in [2.24, 2.45) is 10.9 Å². The van der Waals surface area contributed by atoms with E-state index in [1.165, 1.54) is 0 Å². The van der Waals surface area contributed by atoms with E-state index in [-0.39, 0.29) is 17.7 Å². The van der Waals surface area contributed by atoms with Gasteiger partial charge in [0.15, 0.2) is 0 Å². The van der Waals surface area contributed by atoms with E-state index in [2.05, 4.69) is 16.9 Å². The molecule has 1 atom stereocenters. The molecule has 1 saturated heterocycles. The third-order valence-electron chi connectivity index (χ3n) is 2.62. The number of aliphatic imine (C=N–C) groups is 1. The summed E-state index contributed by atoms with van der Waals surface area (Å²) in [5.41, 5.74) is 1.56. The van der Waals surface area contributed by atoms with Crippen molar-refractivity contribution in [3.05, 3.63) is 23.9 Å². The predicted octanol–water partition coefficient (Wildman–Crippen LogP) is 1.98. The van der Waals surface area contributed by atoms with Gasteiger partial charge in [0.05, 0.1) is 5.92 Å². The fraction of sp³-hybridized carbons (Fsp3) is 0.462. The smallest absolute Gasteiger partial charge is 0.234 e. The van der Waals surface area contributed by atoms with Gasteiger partial charge in [-0.05, 0) is 25.3 Å². The average molecular weight is 234 g/mol. The molecule has 1 N–H and O–H groups in total. The Morgan fingerprint density at radius 1 is 1.59 bits per heavy atom. The number of imide groups is 1. The van der Waals surface area contributed by atoms with Crippen LogP contribution in [0.15, 0.2) is 28.9 Å². The quantitative estimate of drug-likeness (QED) is 0.597. The summed E-state index contributed by atoms with van der Waals surface area (Å²) in [7, 11) is 0. The van der Waals surface area contributed by atoms with E-state index >= 15 is 0 Å². The minimum absolute atomic E-state index is 0.210. The van der Waals surface area contributed by atoms with Gasteiger partial charge in [-0.3, -0.25) is 19.9 Å². The molecule has 4 nitrogen and oxygen atoms in total. The molecule has 1 fully saturated rings. The number of nitrogens with zero attached hydrogens (tertiary/aromatic N) is 1. The first-order valence-electron chi connectivity index (χ1n) is 5.78. The van der Waals surface area contributed by atoms with Crippen LogP contribution in [0.3, 0.4) is 0 Å². The van der Waals surface area contributed by atoms with Crippen LogP contribution in [0.1, 0.15) is 33.1 Å². The number of hydrogen-bond donors (Lipinski definition) is 1. The average Bonchev–Trinajstić information content (AvgIpc) is 2.26.